The third-order valence-electron chi connectivity index (χ3n) is 1.95. The molecule has 0 atom stereocenters. The van der Waals surface area contributed by atoms with Crippen molar-refractivity contribution in [3.05, 3.63) is 33.6 Å². The van der Waals surface area contributed by atoms with Gasteiger partial charge in [-0.05, 0) is 31.0 Å². The number of carboxylic acid groups (broad SMARTS) is 1. The van der Waals surface area contributed by atoms with Gasteiger partial charge in [-0.3, -0.25) is 0 Å². The SMILES string of the molecule is Cc1cc(F)c(Cl)c(C(=O)O)c1C. The van der Waals surface area contributed by atoms with Gasteiger partial charge in [0.2, 0.25) is 0 Å². The maximum absolute atomic E-state index is 13.0. The first-order chi connectivity index (χ1) is 5.95. The third kappa shape index (κ3) is 1.65. The molecular weight excluding hydrogens is 195 g/mol. The van der Waals surface area contributed by atoms with Crippen molar-refractivity contribution >= 4 is 17.6 Å². The van der Waals surface area contributed by atoms with Gasteiger partial charge in [-0.25, -0.2) is 9.18 Å². The van der Waals surface area contributed by atoms with Gasteiger partial charge in [0.15, 0.2) is 0 Å². The van der Waals surface area contributed by atoms with E-state index in [0.29, 0.717) is 11.1 Å². The van der Waals surface area contributed by atoms with E-state index in [9.17, 15) is 9.18 Å². The Bertz CT molecular complexity index is 348. The molecule has 70 valence electrons. The topological polar surface area (TPSA) is 37.3 Å². The molecule has 0 spiro atoms. The number of carboxylic acids is 1. The molecule has 1 N–H and O–H groups in total. The lowest BCUT2D eigenvalue weighted by molar-refractivity contribution is 0.0695. The second-order valence-electron chi connectivity index (χ2n) is 2.79. The summed E-state index contributed by atoms with van der Waals surface area (Å²) in [6.07, 6.45) is 0. The van der Waals surface area contributed by atoms with E-state index in [1.165, 1.54) is 6.07 Å². The summed E-state index contributed by atoms with van der Waals surface area (Å²) in [6.45, 7) is 3.24. The first-order valence-electron chi connectivity index (χ1n) is 3.63. The van der Waals surface area contributed by atoms with Crippen molar-refractivity contribution in [1.82, 2.24) is 0 Å². The maximum atomic E-state index is 13.0. The van der Waals surface area contributed by atoms with E-state index >= 15 is 0 Å². The van der Waals surface area contributed by atoms with Crippen molar-refractivity contribution in [1.29, 1.82) is 0 Å². The van der Waals surface area contributed by atoms with Gasteiger partial charge in [-0.15, -0.1) is 0 Å². The van der Waals surface area contributed by atoms with E-state index in [4.69, 9.17) is 16.7 Å². The van der Waals surface area contributed by atoms with Gasteiger partial charge in [0.1, 0.15) is 5.82 Å². The zero-order chi connectivity index (χ0) is 10.2. The predicted octanol–water partition coefficient (Wildman–Crippen LogP) is 2.79. The van der Waals surface area contributed by atoms with Crippen LogP contribution >= 0.6 is 11.6 Å². The van der Waals surface area contributed by atoms with Gasteiger partial charge in [0, 0.05) is 0 Å². The van der Waals surface area contributed by atoms with Crippen LogP contribution in [0.4, 0.5) is 4.39 Å². The van der Waals surface area contributed by atoms with Crippen LogP contribution in [0.2, 0.25) is 5.02 Å². The van der Waals surface area contributed by atoms with Crippen LogP contribution in [0.3, 0.4) is 0 Å². The van der Waals surface area contributed by atoms with Gasteiger partial charge in [-0.2, -0.15) is 0 Å². The highest BCUT2D eigenvalue weighted by Crippen LogP contribution is 2.25. The van der Waals surface area contributed by atoms with E-state index < -0.39 is 11.8 Å². The third-order valence-corrected chi connectivity index (χ3v) is 2.32. The number of rotatable bonds is 1. The van der Waals surface area contributed by atoms with Crippen molar-refractivity contribution < 1.29 is 14.3 Å². The molecular formula is C9H8ClFO2. The minimum Gasteiger partial charge on any atom is -0.478 e. The molecule has 1 rings (SSSR count). The van der Waals surface area contributed by atoms with Gasteiger partial charge < -0.3 is 5.11 Å². The van der Waals surface area contributed by atoms with Crippen LogP contribution in [0.15, 0.2) is 6.07 Å². The fraction of sp³-hybridized carbons (Fsp3) is 0.222. The lowest BCUT2D eigenvalue weighted by Gasteiger charge is -2.07. The van der Waals surface area contributed by atoms with E-state index in [2.05, 4.69) is 0 Å². The summed E-state index contributed by atoms with van der Waals surface area (Å²) in [5, 5.41) is 8.42. The Labute approximate surface area is 80.0 Å². The van der Waals surface area contributed by atoms with Gasteiger partial charge >= 0.3 is 5.97 Å². The van der Waals surface area contributed by atoms with Gasteiger partial charge in [0.25, 0.3) is 0 Å². The summed E-state index contributed by atoms with van der Waals surface area (Å²) in [6, 6.07) is 1.23. The van der Waals surface area contributed by atoms with Crippen molar-refractivity contribution in [2.45, 2.75) is 13.8 Å². The summed E-state index contributed by atoms with van der Waals surface area (Å²) in [5.41, 5.74) is 0.928. The molecule has 0 heterocycles. The molecule has 1 aromatic rings. The molecule has 0 saturated heterocycles. The Morgan fingerprint density at radius 3 is 2.54 bits per heavy atom. The zero-order valence-electron chi connectivity index (χ0n) is 7.19. The maximum Gasteiger partial charge on any atom is 0.337 e. The monoisotopic (exact) mass is 202 g/mol. The summed E-state index contributed by atoms with van der Waals surface area (Å²) in [7, 11) is 0. The average molecular weight is 203 g/mol. The molecule has 2 nitrogen and oxygen atoms in total. The number of halogens is 2. The second kappa shape index (κ2) is 3.34. The minimum atomic E-state index is -1.20. The second-order valence-corrected chi connectivity index (χ2v) is 3.17. The van der Waals surface area contributed by atoms with Crippen LogP contribution in [-0.2, 0) is 0 Å². The van der Waals surface area contributed by atoms with Gasteiger partial charge in [0.05, 0.1) is 10.6 Å². The average Bonchev–Trinajstić information content (AvgIpc) is 2.01. The highest BCUT2D eigenvalue weighted by molar-refractivity contribution is 6.33. The van der Waals surface area contributed by atoms with E-state index in [-0.39, 0.29) is 10.6 Å². The molecule has 0 aliphatic rings. The Morgan fingerprint density at radius 2 is 2.08 bits per heavy atom. The molecule has 0 aromatic heterocycles. The number of aryl methyl sites for hydroxylation is 1. The Kier molecular flexibility index (Phi) is 2.57. The van der Waals surface area contributed by atoms with Crippen LogP contribution in [0, 0.1) is 19.7 Å². The van der Waals surface area contributed by atoms with Crippen LogP contribution in [0.1, 0.15) is 21.5 Å². The fourth-order valence-corrected chi connectivity index (χ4v) is 1.37. The first kappa shape index (κ1) is 9.99. The minimum absolute atomic E-state index is 0.154. The normalized spacial score (nSPS) is 10.2. The molecule has 0 saturated carbocycles. The first-order valence-corrected chi connectivity index (χ1v) is 4.01. The zero-order valence-corrected chi connectivity index (χ0v) is 7.94. The largest absolute Gasteiger partial charge is 0.478 e. The lowest BCUT2D eigenvalue weighted by atomic mass is 10.0. The smallest absolute Gasteiger partial charge is 0.337 e. The number of hydrogen-bond donors (Lipinski definition) is 1. The number of benzene rings is 1. The van der Waals surface area contributed by atoms with Gasteiger partial charge in [-0.1, -0.05) is 11.6 Å². The quantitative estimate of drug-likeness (QED) is 0.761. The lowest BCUT2D eigenvalue weighted by Crippen LogP contribution is -2.04. The molecule has 0 unspecified atom stereocenters. The Hall–Kier alpha value is -1.09. The predicted molar refractivity (Wildman–Crippen MR) is 47.8 cm³/mol. The van der Waals surface area contributed by atoms with E-state index in [1.54, 1.807) is 13.8 Å². The van der Waals surface area contributed by atoms with Crippen LogP contribution in [0.25, 0.3) is 0 Å². The number of carbonyl (C=O) groups is 1. The molecule has 0 amide bonds. The standard InChI is InChI=1S/C9H8ClFO2/c1-4-3-6(11)8(10)7(5(4)2)9(12)13/h3H,1-2H3,(H,12,13). The van der Waals surface area contributed by atoms with E-state index in [1.807, 2.05) is 0 Å². The Balaban J connectivity index is 3.56. The molecule has 0 aliphatic carbocycles. The van der Waals surface area contributed by atoms with Crippen molar-refractivity contribution in [3.63, 3.8) is 0 Å². The molecule has 4 heteroatoms. The van der Waals surface area contributed by atoms with E-state index in [0.717, 1.165) is 0 Å². The highest BCUT2D eigenvalue weighted by atomic mass is 35.5. The highest BCUT2D eigenvalue weighted by Gasteiger charge is 2.17. The Morgan fingerprint density at radius 1 is 1.54 bits per heavy atom. The van der Waals surface area contributed by atoms with Crippen molar-refractivity contribution in [3.8, 4) is 0 Å². The summed E-state index contributed by atoms with van der Waals surface area (Å²) in [5.74, 6) is -1.90. The molecule has 0 radical (unpaired) electrons. The molecule has 0 bridgehead atoms. The number of hydrogen-bond acceptors (Lipinski definition) is 1. The summed E-state index contributed by atoms with van der Waals surface area (Å²) < 4.78 is 13.0. The van der Waals surface area contributed by atoms with Crippen LogP contribution < -0.4 is 0 Å². The molecule has 13 heavy (non-hydrogen) atoms. The van der Waals surface area contributed by atoms with Crippen molar-refractivity contribution in [2.75, 3.05) is 0 Å². The van der Waals surface area contributed by atoms with Crippen LogP contribution in [-0.4, -0.2) is 11.1 Å². The van der Waals surface area contributed by atoms with Crippen LogP contribution in [0.5, 0.6) is 0 Å². The molecule has 0 fully saturated rings. The fourth-order valence-electron chi connectivity index (χ4n) is 1.10. The summed E-state index contributed by atoms with van der Waals surface area (Å²) >= 11 is 5.51. The number of aromatic carboxylic acids is 1. The molecule has 1 aromatic carbocycles. The summed E-state index contributed by atoms with van der Waals surface area (Å²) in [4.78, 5) is 10.7. The molecule has 0 aliphatic heterocycles. The van der Waals surface area contributed by atoms with Crippen molar-refractivity contribution in [2.24, 2.45) is 0 Å².